The zero-order valence-corrected chi connectivity index (χ0v) is 19.8. The molecule has 0 unspecified atom stereocenters. The Kier molecular flexibility index (Phi) is 6.68. The lowest BCUT2D eigenvalue weighted by molar-refractivity contribution is 0.109. The summed E-state index contributed by atoms with van der Waals surface area (Å²) in [5, 5.41) is 10.8. The molecule has 0 saturated heterocycles. The van der Waals surface area contributed by atoms with Gasteiger partial charge >= 0.3 is 0 Å². The van der Waals surface area contributed by atoms with E-state index in [-0.39, 0.29) is 5.12 Å². The molecule has 0 aliphatic heterocycles. The van der Waals surface area contributed by atoms with E-state index in [1.165, 1.54) is 0 Å². The lowest BCUT2D eigenvalue weighted by atomic mass is 9.77. The summed E-state index contributed by atoms with van der Waals surface area (Å²) in [4.78, 5) is 12.4. The smallest absolute Gasteiger partial charge is 0.223 e. The predicted octanol–water partition coefficient (Wildman–Crippen LogP) is 6.66. The van der Waals surface area contributed by atoms with Gasteiger partial charge in [0.15, 0.2) is 0 Å². The molecule has 1 aromatic heterocycles. The number of benzene rings is 4. The molecule has 5 rings (SSSR count). The maximum Gasteiger partial charge on any atom is 0.223 e. The van der Waals surface area contributed by atoms with E-state index in [9.17, 15) is 4.79 Å². The molecule has 0 fully saturated rings. The number of hydrogen-bond acceptors (Lipinski definition) is 4. The first-order valence-corrected chi connectivity index (χ1v) is 12.2. The summed E-state index contributed by atoms with van der Waals surface area (Å²) in [5.41, 5.74) is 3.85. The van der Waals surface area contributed by atoms with Crippen LogP contribution in [0.5, 0.6) is 0 Å². The van der Waals surface area contributed by atoms with Gasteiger partial charge in [-0.05, 0) is 28.2 Å². The SMILES string of the molecule is O=C(S/C=C/c1cn(C(c2ccccc2)(c2ccccc2)c2ccccc2)nn1)c1ccccc1. The van der Waals surface area contributed by atoms with E-state index < -0.39 is 5.54 Å². The number of aromatic nitrogens is 3. The highest BCUT2D eigenvalue weighted by Gasteiger charge is 2.39. The first-order valence-electron chi connectivity index (χ1n) is 11.3. The van der Waals surface area contributed by atoms with Crippen molar-refractivity contribution in [1.82, 2.24) is 15.0 Å². The minimum Gasteiger partial charge on any atom is -0.281 e. The fourth-order valence-corrected chi connectivity index (χ4v) is 4.86. The average molecular weight is 474 g/mol. The van der Waals surface area contributed by atoms with Crippen LogP contribution >= 0.6 is 11.8 Å². The number of nitrogens with zero attached hydrogens (tertiary/aromatic N) is 3. The number of hydrogen-bond donors (Lipinski definition) is 0. The Labute approximate surface area is 209 Å². The third kappa shape index (κ3) is 4.59. The zero-order valence-electron chi connectivity index (χ0n) is 18.9. The molecule has 4 aromatic carbocycles. The van der Waals surface area contributed by atoms with Crippen molar-refractivity contribution in [2.24, 2.45) is 0 Å². The summed E-state index contributed by atoms with van der Waals surface area (Å²) in [6.07, 6.45) is 3.75. The van der Waals surface area contributed by atoms with Crippen LogP contribution in [0, 0.1) is 0 Å². The zero-order chi connectivity index (χ0) is 23.9. The molecule has 4 nitrogen and oxygen atoms in total. The van der Waals surface area contributed by atoms with E-state index in [0.29, 0.717) is 11.3 Å². The Balaban J connectivity index is 1.57. The quantitative estimate of drug-likeness (QED) is 0.248. The fraction of sp³-hybridized carbons (Fsp3) is 0.0333. The van der Waals surface area contributed by atoms with E-state index in [1.807, 2.05) is 102 Å². The Hall–Kier alpha value is -4.22. The van der Waals surface area contributed by atoms with E-state index in [1.54, 1.807) is 5.41 Å². The van der Waals surface area contributed by atoms with Crippen LogP contribution in [0.15, 0.2) is 133 Å². The van der Waals surface area contributed by atoms with E-state index in [2.05, 4.69) is 46.7 Å². The summed E-state index contributed by atoms with van der Waals surface area (Å²) in [6, 6.07) is 40.2. The average Bonchev–Trinajstić information content (AvgIpc) is 3.40. The summed E-state index contributed by atoms with van der Waals surface area (Å²) in [6.45, 7) is 0. The Morgan fingerprint density at radius 3 is 1.63 bits per heavy atom. The molecule has 0 atom stereocenters. The topological polar surface area (TPSA) is 47.8 Å². The van der Waals surface area contributed by atoms with Gasteiger partial charge in [-0.15, -0.1) is 5.10 Å². The van der Waals surface area contributed by atoms with Gasteiger partial charge < -0.3 is 0 Å². The highest BCUT2D eigenvalue weighted by Crippen LogP contribution is 2.40. The van der Waals surface area contributed by atoms with Gasteiger partial charge in [-0.3, -0.25) is 4.79 Å². The van der Waals surface area contributed by atoms with Crippen LogP contribution in [0.4, 0.5) is 0 Å². The van der Waals surface area contributed by atoms with Gasteiger partial charge in [-0.1, -0.05) is 138 Å². The molecule has 5 heteroatoms. The van der Waals surface area contributed by atoms with Gasteiger partial charge in [0.25, 0.3) is 0 Å². The van der Waals surface area contributed by atoms with Crippen molar-refractivity contribution in [3.05, 3.63) is 161 Å². The largest absolute Gasteiger partial charge is 0.281 e. The summed E-state index contributed by atoms with van der Waals surface area (Å²) < 4.78 is 1.91. The van der Waals surface area contributed by atoms with Crippen LogP contribution in [0.2, 0.25) is 0 Å². The van der Waals surface area contributed by atoms with Crippen LogP contribution in [0.1, 0.15) is 32.7 Å². The Bertz CT molecular complexity index is 1320. The fourth-order valence-electron chi connectivity index (χ4n) is 4.26. The highest BCUT2D eigenvalue weighted by molar-refractivity contribution is 8.16. The van der Waals surface area contributed by atoms with Crippen LogP contribution in [-0.2, 0) is 5.54 Å². The standard InChI is InChI=1S/C30H23N3OS/c34-29(24-13-5-1-6-14-24)35-22-21-28-23-33(32-31-28)30(25-15-7-2-8-16-25,26-17-9-3-10-18-26)27-19-11-4-12-20-27/h1-23H/b22-21+. The molecular weight excluding hydrogens is 450 g/mol. The first-order chi connectivity index (χ1) is 17.3. The van der Waals surface area contributed by atoms with Crippen molar-refractivity contribution >= 4 is 23.0 Å². The number of thioether (sulfide) groups is 1. The Morgan fingerprint density at radius 1 is 0.686 bits per heavy atom. The van der Waals surface area contributed by atoms with Crippen LogP contribution in [-0.4, -0.2) is 20.1 Å². The summed E-state index contributed by atoms with van der Waals surface area (Å²) in [5.74, 6) is 0. The molecular formula is C30H23N3OS. The van der Waals surface area contributed by atoms with Crippen molar-refractivity contribution in [1.29, 1.82) is 0 Å². The number of rotatable bonds is 7. The van der Waals surface area contributed by atoms with Gasteiger partial charge in [-0.2, -0.15) is 0 Å². The van der Waals surface area contributed by atoms with Crippen LogP contribution in [0.3, 0.4) is 0 Å². The first kappa shape index (κ1) is 22.6. The molecule has 0 amide bonds. The molecule has 0 spiro atoms. The summed E-state index contributed by atoms with van der Waals surface area (Å²) >= 11 is 1.13. The lowest BCUT2D eigenvalue weighted by Gasteiger charge is -2.35. The van der Waals surface area contributed by atoms with Crippen LogP contribution < -0.4 is 0 Å². The second-order valence-electron chi connectivity index (χ2n) is 7.97. The number of carbonyl (C=O) groups excluding carboxylic acids is 1. The van der Waals surface area contributed by atoms with E-state index in [4.69, 9.17) is 0 Å². The highest BCUT2D eigenvalue weighted by atomic mass is 32.2. The normalized spacial score (nSPS) is 11.5. The predicted molar refractivity (Wildman–Crippen MR) is 142 cm³/mol. The molecule has 0 radical (unpaired) electrons. The maximum absolute atomic E-state index is 12.4. The Morgan fingerprint density at radius 2 is 1.14 bits per heavy atom. The van der Waals surface area contributed by atoms with Gasteiger partial charge in [0.05, 0.1) is 6.20 Å². The van der Waals surface area contributed by atoms with Gasteiger partial charge in [0.1, 0.15) is 11.2 Å². The van der Waals surface area contributed by atoms with Crippen molar-refractivity contribution < 1.29 is 4.79 Å². The van der Waals surface area contributed by atoms with E-state index >= 15 is 0 Å². The molecule has 35 heavy (non-hydrogen) atoms. The van der Waals surface area contributed by atoms with Gasteiger partial charge in [-0.25, -0.2) is 4.68 Å². The second kappa shape index (κ2) is 10.4. The number of carbonyl (C=O) groups is 1. The van der Waals surface area contributed by atoms with Crippen molar-refractivity contribution in [3.8, 4) is 0 Å². The third-order valence-corrected chi connectivity index (χ3v) is 6.57. The molecule has 0 bridgehead atoms. The maximum atomic E-state index is 12.4. The molecule has 5 aromatic rings. The molecule has 0 saturated carbocycles. The molecule has 0 N–H and O–H groups in total. The second-order valence-corrected chi connectivity index (χ2v) is 8.85. The van der Waals surface area contributed by atoms with Gasteiger partial charge in [0.2, 0.25) is 5.12 Å². The lowest BCUT2D eigenvalue weighted by Crippen LogP contribution is -2.38. The van der Waals surface area contributed by atoms with E-state index in [0.717, 1.165) is 28.5 Å². The third-order valence-electron chi connectivity index (χ3n) is 5.85. The summed E-state index contributed by atoms with van der Waals surface area (Å²) in [7, 11) is 0. The minimum absolute atomic E-state index is 0.0126. The van der Waals surface area contributed by atoms with Crippen molar-refractivity contribution in [2.75, 3.05) is 0 Å². The minimum atomic E-state index is -0.712. The molecule has 0 aliphatic rings. The van der Waals surface area contributed by atoms with Gasteiger partial charge in [0, 0.05) is 5.56 Å². The monoisotopic (exact) mass is 473 g/mol. The van der Waals surface area contributed by atoms with Crippen molar-refractivity contribution in [2.45, 2.75) is 5.54 Å². The molecule has 0 aliphatic carbocycles. The molecule has 170 valence electrons. The van der Waals surface area contributed by atoms with Crippen LogP contribution in [0.25, 0.3) is 6.08 Å². The van der Waals surface area contributed by atoms with Crippen molar-refractivity contribution in [3.63, 3.8) is 0 Å². The molecule has 1 heterocycles.